The molecule has 0 unspecified atom stereocenters. The summed E-state index contributed by atoms with van der Waals surface area (Å²) in [6.07, 6.45) is 6.33. The van der Waals surface area contributed by atoms with E-state index in [4.69, 9.17) is 4.98 Å². The molecule has 30 heavy (non-hydrogen) atoms. The first kappa shape index (κ1) is 20.0. The summed E-state index contributed by atoms with van der Waals surface area (Å²) < 4.78 is 3.34. The van der Waals surface area contributed by atoms with Crippen molar-refractivity contribution in [2.75, 3.05) is 44.7 Å². The molecule has 7 heteroatoms. The molecule has 1 aliphatic carbocycles. The van der Waals surface area contributed by atoms with Gasteiger partial charge in [0.2, 0.25) is 0 Å². The number of nitrogens with zero attached hydrogens (tertiary/aromatic N) is 5. The van der Waals surface area contributed by atoms with Gasteiger partial charge in [-0.15, -0.1) is 0 Å². The molecule has 0 bridgehead atoms. The van der Waals surface area contributed by atoms with E-state index in [0.717, 1.165) is 67.9 Å². The first-order valence-electron chi connectivity index (χ1n) is 11.0. The molecule has 1 atom stereocenters. The highest BCUT2D eigenvalue weighted by molar-refractivity contribution is 9.10. The first-order valence-corrected chi connectivity index (χ1v) is 11.8. The van der Waals surface area contributed by atoms with Crippen molar-refractivity contribution in [3.8, 4) is 0 Å². The van der Waals surface area contributed by atoms with Crippen molar-refractivity contribution in [3.05, 3.63) is 58.1 Å². The molecule has 0 saturated carbocycles. The van der Waals surface area contributed by atoms with E-state index in [9.17, 15) is 0 Å². The van der Waals surface area contributed by atoms with Crippen LogP contribution in [-0.4, -0.2) is 59.0 Å². The van der Waals surface area contributed by atoms with Gasteiger partial charge in [-0.1, -0.05) is 12.1 Å². The van der Waals surface area contributed by atoms with Gasteiger partial charge in [0.15, 0.2) is 0 Å². The predicted molar refractivity (Wildman–Crippen MR) is 124 cm³/mol. The van der Waals surface area contributed by atoms with Crippen molar-refractivity contribution in [3.63, 3.8) is 0 Å². The molecule has 0 aromatic carbocycles. The van der Waals surface area contributed by atoms with Gasteiger partial charge in [0.1, 0.15) is 16.1 Å². The number of pyridine rings is 2. The lowest BCUT2D eigenvalue weighted by molar-refractivity contribution is 0.311. The van der Waals surface area contributed by atoms with Crippen molar-refractivity contribution >= 4 is 27.4 Å². The summed E-state index contributed by atoms with van der Waals surface area (Å²) in [6.45, 7) is 5.18. The molecule has 2 aliphatic rings. The fourth-order valence-electron chi connectivity index (χ4n) is 4.70. The van der Waals surface area contributed by atoms with Crippen LogP contribution in [0, 0.1) is 0 Å². The zero-order valence-corrected chi connectivity index (χ0v) is 19.1. The van der Waals surface area contributed by atoms with Gasteiger partial charge in [-0.05, 0) is 66.0 Å². The number of aromatic nitrogens is 3. The number of likely N-dealkylation sites (N-methyl/N-ethyl adjacent to an activating group) is 1. The van der Waals surface area contributed by atoms with E-state index in [1.807, 2.05) is 12.3 Å². The minimum atomic E-state index is 0.353. The van der Waals surface area contributed by atoms with Crippen LogP contribution in [0.2, 0.25) is 0 Å². The number of halogens is 1. The average molecular weight is 469 g/mol. The van der Waals surface area contributed by atoms with Crippen LogP contribution in [0.3, 0.4) is 0 Å². The SMILES string of the molecule is CN1CCN(c2cccc3nc(CCN[C@H]4CCCc5cccnc54)c(Br)n23)CC1. The number of nitrogens with one attached hydrogen (secondary N) is 1. The van der Waals surface area contributed by atoms with Crippen LogP contribution in [0.25, 0.3) is 5.65 Å². The minimum absolute atomic E-state index is 0.353. The van der Waals surface area contributed by atoms with Crippen LogP contribution >= 0.6 is 15.9 Å². The summed E-state index contributed by atoms with van der Waals surface area (Å²) in [6, 6.07) is 11.0. The summed E-state index contributed by atoms with van der Waals surface area (Å²) in [4.78, 5) is 14.4. The van der Waals surface area contributed by atoms with Gasteiger partial charge in [0, 0.05) is 51.4 Å². The van der Waals surface area contributed by atoms with Gasteiger partial charge in [-0.25, -0.2) is 4.98 Å². The Morgan fingerprint density at radius 2 is 2.00 bits per heavy atom. The Balaban J connectivity index is 1.31. The number of piperazine rings is 1. The number of fused-ring (bicyclic) bond motifs is 2. The van der Waals surface area contributed by atoms with Crippen LogP contribution in [-0.2, 0) is 12.8 Å². The third kappa shape index (κ3) is 3.86. The van der Waals surface area contributed by atoms with E-state index in [0.29, 0.717) is 6.04 Å². The van der Waals surface area contributed by atoms with E-state index in [1.165, 1.54) is 23.5 Å². The van der Waals surface area contributed by atoms with E-state index in [1.54, 1.807) is 0 Å². The second-order valence-electron chi connectivity index (χ2n) is 8.41. The standard InChI is InChI=1S/C23H29BrN6/c1-28-13-15-29(16-14-28)21-9-3-8-20-27-19(23(24)30(20)21)10-12-25-18-7-2-5-17-6-4-11-26-22(17)18/h3-4,6,8-9,11,18,25H,2,5,7,10,12-16H2,1H3/t18-/m0/s1. The van der Waals surface area contributed by atoms with Gasteiger partial charge in [-0.2, -0.15) is 0 Å². The smallest absolute Gasteiger partial charge is 0.139 e. The molecule has 6 nitrogen and oxygen atoms in total. The maximum Gasteiger partial charge on any atom is 0.139 e. The van der Waals surface area contributed by atoms with Crippen molar-refractivity contribution < 1.29 is 0 Å². The van der Waals surface area contributed by atoms with E-state index in [2.05, 4.69) is 71.7 Å². The van der Waals surface area contributed by atoms with Crippen LogP contribution in [0.1, 0.15) is 35.8 Å². The molecule has 0 amide bonds. The lowest BCUT2D eigenvalue weighted by Crippen LogP contribution is -2.45. The summed E-state index contributed by atoms with van der Waals surface area (Å²) in [7, 11) is 2.19. The maximum atomic E-state index is 4.93. The maximum absolute atomic E-state index is 4.93. The topological polar surface area (TPSA) is 48.7 Å². The van der Waals surface area contributed by atoms with Gasteiger partial charge >= 0.3 is 0 Å². The molecular formula is C23H29BrN6. The van der Waals surface area contributed by atoms with Crippen molar-refractivity contribution in [1.29, 1.82) is 0 Å². The zero-order valence-electron chi connectivity index (χ0n) is 17.5. The van der Waals surface area contributed by atoms with Gasteiger partial charge in [-0.3, -0.25) is 9.38 Å². The van der Waals surface area contributed by atoms with Gasteiger partial charge in [0.05, 0.1) is 11.4 Å². The number of aryl methyl sites for hydroxylation is 1. The third-order valence-corrected chi connectivity index (χ3v) is 7.22. The number of anilines is 1. The Labute approximate surface area is 186 Å². The normalized spacial score (nSPS) is 19.9. The van der Waals surface area contributed by atoms with Gasteiger partial charge in [0.25, 0.3) is 0 Å². The Morgan fingerprint density at radius 1 is 1.13 bits per heavy atom. The second kappa shape index (κ2) is 8.65. The highest BCUT2D eigenvalue weighted by atomic mass is 79.9. The molecule has 158 valence electrons. The molecule has 0 radical (unpaired) electrons. The Bertz CT molecular complexity index is 1020. The lowest BCUT2D eigenvalue weighted by atomic mass is 9.92. The third-order valence-electron chi connectivity index (χ3n) is 6.41. The highest BCUT2D eigenvalue weighted by Crippen LogP contribution is 2.29. The molecule has 1 saturated heterocycles. The summed E-state index contributed by atoms with van der Waals surface area (Å²) >= 11 is 3.86. The van der Waals surface area contributed by atoms with Crippen LogP contribution in [0.5, 0.6) is 0 Å². The number of imidazole rings is 1. The summed E-state index contributed by atoms with van der Waals surface area (Å²) in [5.74, 6) is 1.23. The fourth-order valence-corrected chi connectivity index (χ4v) is 5.35. The minimum Gasteiger partial charge on any atom is -0.355 e. The Hall–Kier alpha value is -1.96. The molecule has 1 aliphatic heterocycles. The average Bonchev–Trinajstić information content (AvgIpc) is 3.10. The zero-order chi connectivity index (χ0) is 20.5. The number of hydrogen-bond acceptors (Lipinski definition) is 5. The molecule has 0 spiro atoms. The summed E-state index contributed by atoms with van der Waals surface area (Å²) in [5, 5.41) is 3.73. The molecule has 3 aromatic rings. The monoisotopic (exact) mass is 468 g/mol. The highest BCUT2D eigenvalue weighted by Gasteiger charge is 2.22. The van der Waals surface area contributed by atoms with E-state index < -0.39 is 0 Å². The Morgan fingerprint density at radius 3 is 2.87 bits per heavy atom. The lowest BCUT2D eigenvalue weighted by Gasteiger charge is -2.34. The van der Waals surface area contributed by atoms with Crippen molar-refractivity contribution in [2.24, 2.45) is 0 Å². The fraction of sp³-hybridized carbons (Fsp3) is 0.478. The molecular weight excluding hydrogens is 440 g/mol. The molecule has 1 fully saturated rings. The van der Waals surface area contributed by atoms with Crippen LogP contribution in [0.4, 0.5) is 5.82 Å². The van der Waals surface area contributed by atoms with Crippen molar-refractivity contribution in [1.82, 2.24) is 24.6 Å². The molecule has 4 heterocycles. The van der Waals surface area contributed by atoms with Gasteiger partial charge < -0.3 is 15.1 Å². The molecule has 1 N–H and O–H groups in total. The van der Waals surface area contributed by atoms with E-state index in [-0.39, 0.29) is 0 Å². The second-order valence-corrected chi connectivity index (χ2v) is 9.17. The van der Waals surface area contributed by atoms with E-state index >= 15 is 0 Å². The van der Waals surface area contributed by atoms with Crippen LogP contribution < -0.4 is 10.2 Å². The quantitative estimate of drug-likeness (QED) is 0.621. The summed E-state index contributed by atoms with van der Waals surface area (Å²) in [5.41, 5.74) is 4.75. The number of rotatable bonds is 5. The molecule has 5 rings (SSSR count). The van der Waals surface area contributed by atoms with Crippen LogP contribution in [0.15, 0.2) is 41.1 Å². The first-order chi connectivity index (χ1) is 14.7. The molecule has 3 aromatic heterocycles. The predicted octanol–water partition coefficient (Wildman–Crippen LogP) is 3.45. The largest absolute Gasteiger partial charge is 0.355 e. The van der Waals surface area contributed by atoms with Crippen molar-refractivity contribution in [2.45, 2.75) is 31.7 Å². The number of hydrogen-bond donors (Lipinski definition) is 1. The Kier molecular flexibility index (Phi) is 5.76.